The Kier molecular flexibility index (Phi) is 6.92. The van der Waals surface area contributed by atoms with E-state index in [9.17, 15) is 0 Å². The van der Waals surface area contributed by atoms with Crippen molar-refractivity contribution >= 4 is 0 Å². The molecule has 0 radical (unpaired) electrons. The van der Waals surface area contributed by atoms with Crippen molar-refractivity contribution in [2.45, 2.75) is 18.9 Å². The van der Waals surface area contributed by atoms with Crippen LogP contribution in [0, 0.1) is 0 Å². The molecule has 1 saturated heterocycles. The monoisotopic (exact) mass is 216 g/mol. The van der Waals surface area contributed by atoms with Crippen molar-refractivity contribution < 1.29 is 9.47 Å². The van der Waals surface area contributed by atoms with Crippen LogP contribution >= 0.6 is 0 Å². The van der Waals surface area contributed by atoms with Crippen LogP contribution in [0.4, 0.5) is 0 Å². The zero-order valence-corrected chi connectivity index (χ0v) is 10.00. The van der Waals surface area contributed by atoms with Crippen LogP contribution in [0.25, 0.3) is 0 Å². The molecule has 1 N–H and O–H groups in total. The molecular weight excluding hydrogens is 192 g/mol. The molecule has 15 heavy (non-hydrogen) atoms. The van der Waals surface area contributed by atoms with Crippen LogP contribution in [0.1, 0.15) is 12.8 Å². The minimum absolute atomic E-state index is 0.630. The first kappa shape index (κ1) is 12.9. The lowest BCUT2D eigenvalue weighted by atomic mass is 10.2. The molecule has 1 aliphatic heterocycles. The van der Waals surface area contributed by atoms with Crippen LogP contribution in [0.2, 0.25) is 0 Å². The molecule has 1 fully saturated rings. The maximum Gasteiger partial charge on any atom is 0.0622 e. The average molecular weight is 216 g/mol. The normalized spacial score (nSPS) is 21.4. The highest BCUT2D eigenvalue weighted by Crippen LogP contribution is 2.09. The van der Waals surface area contributed by atoms with Gasteiger partial charge in [-0.3, -0.25) is 4.90 Å². The van der Waals surface area contributed by atoms with Gasteiger partial charge < -0.3 is 14.8 Å². The standard InChI is InChI=1S/C11H24N2O2/c1-13(11-4-9-15-10-11)7-6-12-5-3-8-14-2/h11-12H,3-10H2,1-2H3. The Hall–Kier alpha value is -0.160. The summed E-state index contributed by atoms with van der Waals surface area (Å²) in [7, 11) is 3.92. The van der Waals surface area contributed by atoms with Crippen LogP contribution in [-0.2, 0) is 9.47 Å². The Labute approximate surface area is 92.9 Å². The first-order chi connectivity index (χ1) is 7.34. The maximum absolute atomic E-state index is 5.36. The zero-order valence-electron chi connectivity index (χ0n) is 10.00. The van der Waals surface area contributed by atoms with E-state index in [4.69, 9.17) is 9.47 Å². The fourth-order valence-electron chi connectivity index (χ4n) is 1.77. The smallest absolute Gasteiger partial charge is 0.0622 e. The summed E-state index contributed by atoms with van der Waals surface area (Å²) >= 11 is 0. The second kappa shape index (κ2) is 8.05. The third-order valence-electron chi connectivity index (χ3n) is 2.87. The van der Waals surface area contributed by atoms with Gasteiger partial charge in [0.15, 0.2) is 0 Å². The van der Waals surface area contributed by atoms with E-state index < -0.39 is 0 Å². The van der Waals surface area contributed by atoms with Crippen molar-refractivity contribution in [3.8, 4) is 0 Å². The molecule has 90 valence electrons. The molecule has 0 aromatic rings. The molecule has 4 nitrogen and oxygen atoms in total. The molecule has 0 saturated carbocycles. The molecule has 0 aromatic heterocycles. The van der Waals surface area contributed by atoms with Crippen molar-refractivity contribution in [3.63, 3.8) is 0 Å². The van der Waals surface area contributed by atoms with Crippen LogP contribution in [0.3, 0.4) is 0 Å². The third kappa shape index (κ3) is 5.47. The van der Waals surface area contributed by atoms with Crippen molar-refractivity contribution in [2.24, 2.45) is 0 Å². The Bertz CT molecular complexity index is 150. The molecule has 1 atom stereocenters. The predicted molar refractivity (Wildman–Crippen MR) is 61.2 cm³/mol. The molecule has 0 spiro atoms. The Morgan fingerprint density at radius 3 is 3.00 bits per heavy atom. The SMILES string of the molecule is COCCCNCCN(C)C1CCOC1. The lowest BCUT2D eigenvalue weighted by Gasteiger charge is -2.22. The molecule has 1 aliphatic rings. The van der Waals surface area contributed by atoms with E-state index in [1.165, 1.54) is 6.42 Å². The lowest BCUT2D eigenvalue weighted by molar-refractivity contribution is 0.159. The number of rotatable bonds is 8. The number of ether oxygens (including phenoxy) is 2. The summed E-state index contributed by atoms with van der Waals surface area (Å²) in [5.41, 5.74) is 0. The van der Waals surface area contributed by atoms with Gasteiger partial charge in [-0.05, 0) is 26.4 Å². The van der Waals surface area contributed by atoms with Crippen molar-refractivity contribution in [1.29, 1.82) is 0 Å². The summed E-state index contributed by atoms with van der Waals surface area (Å²) in [6, 6.07) is 0.630. The number of nitrogens with one attached hydrogen (secondary N) is 1. The van der Waals surface area contributed by atoms with Crippen LogP contribution in [0.15, 0.2) is 0 Å². The fraction of sp³-hybridized carbons (Fsp3) is 1.00. The summed E-state index contributed by atoms with van der Waals surface area (Å²) in [4.78, 5) is 2.39. The Morgan fingerprint density at radius 1 is 1.47 bits per heavy atom. The number of nitrogens with zero attached hydrogens (tertiary/aromatic N) is 1. The molecule has 0 aromatic carbocycles. The molecule has 1 rings (SSSR count). The number of hydrogen-bond donors (Lipinski definition) is 1. The van der Waals surface area contributed by atoms with Crippen molar-refractivity contribution in [1.82, 2.24) is 10.2 Å². The Morgan fingerprint density at radius 2 is 2.33 bits per heavy atom. The highest BCUT2D eigenvalue weighted by Gasteiger charge is 2.19. The number of likely N-dealkylation sites (N-methyl/N-ethyl adjacent to an activating group) is 1. The lowest BCUT2D eigenvalue weighted by Crippen LogP contribution is -2.37. The second-order valence-corrected chi connectivity index (χ2v) is 4.09. The molecule has 1 unspecified atom stereocenters. The van der Waals surface area contributed by atoms with Gasteiger partial charge in [0.05, 0.1) is 6.61 Å². The van der Waals surface area contributed by atoms with Gasteiger partial charge in [-0.1, -0.05) is 0 Å². The van der Waals surface area contributed by atoms with Crippen molar-refractivity contribution in [3.05, 3.63) is 0 Å². The van der Waals surface area contributed by atoms with E-state index in [2.05, 4.69) is 17.3 Å². The van der Waals surface area contributed by atoms with Gasteiger partial charge in [-0.25, -0.2) is 0 Å². The molecule has 0 bridgehead atoms. The summed E-state index contributed by atoms with van der Waals surface area (Å²) < 4.78 is 10.3. The maximum atomic E-state index is 5.36. The minimum atomic E-state index is 0.630. The van der Waals surface area contributed by atoms with E-state index >= 15 is 0 Å². The Balaban J connectivity index is 1.90. The van der Waals surface area contributed by atoms with E-state index in [-0.39, 0.29) is 0 Å². The quantitative estimate of drug-likeness (QED) is 0.593. The summed E-state index contributed by atoms with van der Waals surface area (Å²) in [6.45, 7) is 5.87. The van der Waals surface area contributed by atoms with Crippen LogP contribution < -0.4 is 5.32 Å². The van der Waals surface area contributed by atoms with Gasteiger partial charge in [0, 0.05) is 39.5 Å². The minimum Gasteiger partial charge on any atom is -0.385 e. The van der Waals surface area contributed by atoms with E-state index in [0.717, 1.165) is 45.9 Å². The molecule has 0 aliphatic carbocycles. The van der Waals surface area contributed by atoms with Gasteiger partial charge >= 0.3 is 0 Å². The van der Waals surface area contributed by atoms with Crippen LogP contribution in [0.5, 0.6) is 0 Å². The first-order valence-electron chi connectivity index (χ1n) is 5.82. The average Bonchev–Trinajstić information content (AvgIpc) is 2.76. The third-order valence-corrected chi connectivity index (χ3v) is 2.87. The van der Waals surface area contributed by atoms with Crippen LogP contribution in [-0.4, -0.2) is 64.6 Å². The molecule has 0 amide bonds. The fourth-order valence-corrected chi connectivity index (χ4v) is 1.77. The van der Waals surface area contributed by atoms with Gasteiger partial charge in [-0.2, -0.15) is 0 Å². The molecular formula is C11H24N2O2. The summed E-state index contributed by atoms with van der Waals surface area (Å²) in [5.74, 6) is 0. The van der Waals surface area contributed by atoms with Gasteiger partial charge in [-0.15, -0.1) is 0 Å². The predicted octanol–water partition coefficient (Wildman–Crippen LogP) is 0.333. The van der Waals surface area contributed by atoms with Crippen molar-refractivity contribution in [2.75, 3.05) is 53.6 Å². The topological polar surface area (TPSA) is 33.7 Å². The first-order valence-corrected chi connectivity index (χ1v) is 5.82. The summed E-state index contributed by atoms with van der Waals surface area (Å²) in [6.07, 6.45) is 2.27. The largest absolute Gasteiger partial charge is 0.385 e. The highest BCUT2D eigenvalue weighted by molar-refractivity contribution is 4.73. The van der Waals surface area contributed by atoms with E-state index in [1.807, 2.05) is 0 Å². The number of hydrogen-bond acceptors (Lipinski definition) is 4. The van der Waals surface area contributed by atoms with E-state index in [1.54, 1.807) is 7.11 Å². The van der Waals surface area contributed by atoms with E-state index in [0.29, 0.717) is 6.04 Å². The summed E-state index contributed by atoms with van der Waals surface area (Å²) in [5, 5.41) is 3.41. The zero-order chi connectivity index (χ0) is 10.9. The number of methoxy groups -OCH3 is 1. The molecule has 4 heteroatoms. The molecule has 1 heterocycles. The highest BCUT2D eigenvalue weighted by atomic mass is 16.5. The van der Waals surface area contributed by atoms with Gasteiger partial charge in [0.2, 0.25) is 0 Å². The second-order valence-electron chi connectivity index (χ2n) is 4.09. The van der Waals surface area contributed by atoms with Gasteiger partial charge in [0.1, 0.15) is 0 Å². The van der Waals surface area contributed by atoms with Gasteiger partial charge in [0.25, 0.3) is 0 Å².